The van der Waals surface area contributed by atoms with Crippen molar-refractivity contribution in [1.82, 2.24) is 5.32 Å². The Hall–Kier alpha value is -0.0400. The molecule has 1 nitrogen and oxygen atoms in total. The van der Waals surface area contributed by atoms with E-state index in [2.05, 4.69) is 19.2 Å². The lowest BCUT2D eigenvalue weighted by Crippen LogP contribution is -2.13. The maximum atomic E-state index is 3.38. The minimum atomic E-state index is 1.12. The third-order valence-corrected chi connectivity index (χ3v) is 3.21. The van der Waals surface area contributed by atoms with Gasteiger partial charge in [0.15, 0.2) is 0 Å². The van der Waals surface area contributed by atoms with Gasteiger partial charge < -0.3 is 5.32 Å². The molecular weight excluding hydrogens is 194 g/mol. The summed E-state index contributed by atoms with van der Waals surface area (Å²) in [5, 5.41) is 3.38. The molecule has 0 saturated carbocycles. The molecule has 0 aliphatic rings. The molecule has 0 amide bonds. The van der Waals surface area contributed by atoms with E-state index in [1.807, 2.05) is 0 Å². The van der Waals surface area contributed by atoms with Gasteiger partial charge in [0.2, 0.25) is 0 Å². The standard InChI is InChI=1S/C15H33N/c1-3-5-6-7-8-9-10-11-12-13-14-15-16-4-2/h16H,3-15H2,1-2H3. The first-order valence-corrected chi connectivity index (χ1v) is 7.62. The second-order valence-electron chi connectivity index (χ2n) is 4.89. The van der Waals surface area contributed by atoms with Crippen molar-refractivity contribution in [1.29, 1.82) is 0 Å². The summed E-state index contributed by atoms with van der Waals surface area (Å²) < 4.78 is 0. The highest BCUT2D eigenvalue weighted by molar-refractivity contribution is 4.49. The van der Waals surface area contributed by atoms with Crippen molar-refractivity contribution >= 4 is 0 Å². The molecule has 0 spiro atoms. The van der Waals surface area contributed by atoms with E-state index in [1.54, 1.807) is 0 Å². The van der Waals surface area contributed by atoms with E-state index in [0.717, 1.165) is 6.54 Å². The zero-order chi connectivity index (χ0) is 11.9. The van der Waals surface area contributed by atoms with Gasteiger partial charge in [-0.1, -0.05) is 78.1 Å². The van der Waals surface area contributed by atoms with Crippen LogP contribution in [0.15, 0.2) is 0 Å². The molecule has 1 heteroatoms. The summed E-state index contributed by atoms with van der Waals surface area (Å²) in [7, 11) is 0. The molecule has 0 unspecified atom stereocenters. The highest BCUT2D eigenvalue weighted by atomic mass is 14.8. The average Bonchev–Trinajstić information content (AvgIpc) is 2.31. The van der Waals surface area contributed by atoms with Crippen LogP contribution in [0.25, 0.3) is 0 Å². The summed E-state index contributed by atoms with van der Waals surface area (Å²) in [5.74, 6) is 0. The smallest absolute Gasteiger partial charge is 0.00490 e. The number of hydrogen-bond donors (Lipinski definition) is 1. The van der Waals surface area contributed by atoms with Crippen molar-refractivity contribution in [2.45, 2.75) is 84.5 Å². The number of hydrogen-bond acceptors (Lipinski definition) is 1. The lowest BCUT2D eigenvalue weighted by atomic mass is 10.1. The quantitative estimate of drug-likeness (QED) is 0.441. The molecular formula is C15H33N. The van der Waals surface area contributed by atoms with Gasteiger partial charge in [-0.25, -0.2) is 0 Å². The maximum Gasteiger partial charge on any atom is -0.00490 e. The van der Waals surface area contributed by atoms with Crippen LogP contribution in [0.1, 0.15) is 84.5 Å². The molecule has 0 heterocycles. The summed E-state index contributed by atoms with van der Waals surface area (Å²) >= 11 is 0. The highest BCUT2D eigenvalue weighted by Gasteiger charge is 1.92. The molecule has 0 aromatic heterocycles. The Morgan fingerprint density at radius 1 is 0.562 bits per heavy atom. The molecule has 0 aromatic carbocycles. The molecule has 16 heavy (non-hydrogen) atoms. The van der Waals surface area contributed by atoms with Gasteiger partial charge in [-0.2, -0.15) is 0 Å². The first-order chi connectivity index (χ1) is 7.91. The van der Waals surface area contributed by atoms with E-state index < -0.39 is 0 Å². The predicted molar refractivity (Wildman–Crippen MR) is 75.0 cm³/mol. The summed E-state index contributed by atoms with van der Waals surface area (Å²) in [6.45, 7) is 6.80. The zero-order valence-electron chi connectivity index (χ0n) is 11.7. The summed E-state index contributed by atoms with van der Waals surface area (Å²) in [6.07, 6.45) is 15.8. The number of unbranched alkanes of at least 4 members (excludes halogenated alkanes) is 10. The molecule has 0 bridgehead atoms. The Kier molecular flexibility index (Phi) is 14.9. The van der Waals surface area contributed by atoms with E-state index in [1.165, 1.54) is 77.2 Å². The van der Waals surface area contributed by atoms with Crippen molar-refractivity contribution in [3.05, 3.63) is 0 Å². The van der Waals surface area contributed by atoms with Gasteiger partial charge in [0, 0.05) is 0 Å². The monoisotopic (exact) mass is 227 g/mol. The van der Waals surface area contributed by atoms with Crippen LogP contribution in [-0.4, -0.2) is 13.1 Å². The first kappa shape index (κ1) is 16.0. The molecule has 0 radical (unpaired) electrons. The van der Waals surface area contributed by atoms with Crippen molar-refractivity contribution in [2.75, 3.05) is 13.1 Å². The van der Waals surface area contributed by atoms with Crippen molar-refractivity contribution < 1.29 is 0 Å². The Bertz CT molecular complexity index is 98.0. The fourth-order valence-electron chi connectivity index (χ4n) is 2.09. The molecule has 0 fully saturated rings. The lowest BCUT2D eigenvalue weighted by Gasteiger charge is -2.03. The van der Waals surface area contributed by atoms with E-state index in [-0.39, 0.29) is 0 Å². The van der Waals surface area contributed by atoms with Crippen LogP contribution in [0.4, 0.5) is 0 Å². The van der Waals surface area contributed by atoms with E-state index in [4.69, 9.17) is 0 Å². The highest BCUT2D eigenvalue weighted by Crippen LogP contribution is 2.10. The molecule has 98 valence electrons. The Labute approximate surface area is 103 Å². The zero-order valence-corrected chi connectivity index (χ0v) is 11.7. The topological polar surface area (TPSA) is 12.0 Å². The molecule has 0 aromatic rings. The molecule has 0 aliphatic heterocycles. The molecule has 1 N–H and O–H groups in total. The van der Waals surface area contributed by atoms with E-state index in [9.17, 15) is 0 Å². The first-order valence-electron chi connectivity index (χ1n) is 7.62. The van der Waals surface area contributed by atoms with Crippen LogP contribution in [0.2, 0.25) is 0 Å². The van der Waals surface area contributed by atoms with Gasteiger partial charge in [0.1, 0.15) is 0 Å². The Morgan fingerprint density at radius 3 is 1.44 bits per heavy atom. The molecule has 0 rings (SSSR count). The summed E-state index contributed by atoms with van der Waals surface area (Å²) in [5.41, 5.74) is 0. The Balaban J connectivity index is 2.83. The minimum Gasteiger partial charge on any atom is -0.317 e. The van der Waals surface area contributed by atoms with E-state index in [0.29, 0.717) is 0 Å². The van der Waals surface area contributed by atoms with Gasteiger partial charge in [0.05, 0.1) is 0 Å². The fourth-order valence-corrected chi connectivity index (χ4v) is 2.09. The van der Waals surface area contributed by atoms with Crippen LogP contribution >= 0.6 is 0 Å². The van der Waals surface area contributed by atoms with Crippen LogP contribution in [0.5, 0.6) is 0 Å². The minimum absolute atomic E-state index is 1.12. The predicted octanol–water partition coefficient (Wildman–Crippen LogP) is 4.91. The summed E-state index contributed by atoms with van der Waals surface area (Å²) in [6, 6.07) is 0. The molecule has 0 aliphatic carbocycles. The number of rotatable bonds is 13. The third-order valence-electron chi connectivity index (χ3n) is 3.21. The normalized spacial score (nSPS) is 10.9. The van der Waals surface area contributed by atoms with Crippen LogP contribution in [0.3, 0.4) is 0 Å². The van der Waals surface area contributed by atoms with Crippen LogP contribution in [0, 0.1) is 0 Å². The fraction of sp³-hybridized carbons (Fsp3) is 1.00. The largest absolute Gasteiger partial charge is 0.317 e. The maximum absolute atomic E-state index is 3.38. The van der Waals surface area contributed by atoms with Gasteiger partial charge in [-0.3, -0.25) is 0 Å². The molecule has 0 atom stereocenters. The SMILES string of the molecule is CCCCCCCCCCCCCNCC. The van der Waals surface area contributed by atoms with Gasteiger partial charge in [-0.05, 0) is 19.5 Å². The second-order valence-corrected chi connectivity index (χ2v) is 4.89. The second kappa shape index (κ2) is 15.0. The third kappa shape index (κ3) is 14.0. The van der Waals surface area contributed by atoms with E-state index >= 15 is 0 Å². The van der Waals surface area contributed by atoms with Gasteiger partial charge in [0.25, 0.3) is 0 Å². The molecule has 0 saturated heterocycles. The van der Waals surface area contributed by atoms with Gasteiger partial charge in [-0.15, -0.1) is 0 Å². The average molecular weight is 227 g/mol. The van der Waals surface area contributed by atoms with Crippen LogP contribution in [-0.2, 0) is 0 Å². The lowest BCUT2D eigenvalue weighted by molar-refractivity contribution is 0.542. The van der Waals surface area contributed by atoms with Crippen molar-refractivity contribution in [3.63, 3.8) is 0 Å². The van der Waals surface area contributed by atoms with Crippen LogP contribution < -0.4 is 5.32 Å². The van der Waals surface area contributed by atoms with Crippen molar-refractivity contribution in [2.24, 2.45) is 0 Å². The summed E-state index contributed by atoms with van der Waals surface area (Å²) in [4.78, 5) is 0. The van der Waals surface area contributed by atoms with Crippen molar-refractivity contribution in [3.8, 4) is 0 Å². The number of nitrogens with one attached hydrogen (secondary N) is 1. The Morgan fingerprint density at radius 2 is 1.00 bits per heavy atom. The van der Waals surface area contributed by atoms with Gasteiger partial charge >= 0.3 is 0 Å².